The van der Waals surface area contributed by atoms with Crippen molar-refractivity contribution >= 4 is 17.1 Å². The summed E-state index contributed by atoms with van der Waals surface area (Å²) in [4.78, 5) is 4.33. The third-order valence-electron chi connectivity index (χ3n) is 3.73. The molecule has 0 unspecified atom stereocenters. The molecule has 130 valence electrons. The van der Waals surface area contributed by atoms with Crippen molar-refractivity contribution in [1.82, 2.24) is 5.32 Å². The number of benzene rings is 1. The van der Waals surface area contributed by atoms with Crippen molar-refractivity contribution in [3.63, 3.8) is 0 Å². The Morgan fingerprint density at radius 2 is 1.92 bits per heavy atom. The number of aryl methyl sites for hydroxylation is 1. The third-order valence-corrected chi connectivity index (χ3v) is 3.73. The van der Waals surface area contributed by atoms with Crippen LogP contribution in [0.5, 0.6) is 0 Å². The van der Waals surface area contributed by atoms with Crippen LogP contribution in [0.15, 0.2) is 53.8 Å². The van der Waals surface area contributed by atoms with Crippen molar-refractivity contribution in [2.45, 2.75) is 47.5 Å². The molecule has 0 aromatic heterocycles. The highest BCUT2D eigenvalue weighted by molar-refractivity contribution is 5.79. The van der Waals surface area contributed by atoms with E-state index < -0.39 is 0 Å². The summed E-state index contributed by atoms with van der Waals surface area (Å²) in [6.45, 7) is 19.4. The van der Waals surface area contributed by atoms with Gasteiger partial charge in [-0.15, -0.1) is 0 Å². The van der Waals surface area contributed by atoms with Gasteiger partial charge in [-0.2, -0.15) is 0 Å². The van der Waals surface area contributed by atoms with Gasteiger partial charge in [0.15, 0.2) is 0 Å². The lowest BCUT2D eigenvalue weighted by molar-refractivity contribution is 0.745. The predicted octanol–water partition coefficient (Wildman–Crippen LogP) is 5.67. The first-order chi connectivity index (χ1) is 11.3. The Bertz CT molecular complexity index is 647. The average molecular weight is 326 g/mol. The van der Waals surface area contributed by atoms with Gasteiger partial charge in [-0.05, 0) is 56.9 Å². The van der Waals surface area contributed by atoms with E-state index in [1.54, 1.807) is 0 Å². The molecule has 0 spiro atoms. The smallest absolute Gasteiger partial charge is 0.0420 e. The van der Waals surface area contributed by atoms with E-state index in [1.165, 1.54) is 12.0 Å². The van der Waals surface area contributed by atoms with E-state index in [2.05, 4.69) is 60.8 Å². The Labute approximate surface area is 147 Å². The van der Waals surface area contributed by atoms with Gasteiger partial charge in [0.1, 0.15) is 0 Å². The fraction of sp³-hybridized carbons (Fsp3) is 0.381. The number of hydrogen-bond donors (Lipinski definition) is 2. The molecule has 3 heteroatoms. The summed E-state index contributed by atoms with van der Waals surface area (Å²) in [6, 6.07) is 6.31. The fourth-order valence-electron chi connectivity index (χ4n) is 2.03. The second kappa shape index (κ2) is 9.76. The van der Waals surface area contributed by atoms with Gasteiger partial charge in [-0.3, -0.25) is 4.99 Å². The second-order valence-electron chi connectivity index (χ2n) is 6.28. The van der Waals surface area contributed by atoms with Crippen molar-refractivity contribution < 1.29 is 0 Å². The van der Waals surface area contributed by atoms with Gasteiger partial charge >= 0.3 is 0 Å². The van der Waals surface area contributed by atoms with E-state index >= 15 is 0 Å². The number of hydrogen-bond acceptors (Lipinski definition) is 3. The number of rotatable bonds is 9. The summed E-state index contributed by atoms with van der Waals surface area (Å²) in [5.74, 6) is 0. The van der Waals surface area contributed by atoms with Crippen molar-refractivity contribution in [3.05, 3.63) is 60.0 Å². The molecule has 0 atom stereocenters. The molecule has 0 saturated carbocycles. The number of unbranched alkanes of at least 4 members (excludes halogenated alkanes) is 1. The second-order valence-corrected chi connectivity index (χ2v) is 6.28. The minimum Gasteiger partial charge on any atom is -0.385 e. The van der Waals surface area contributed by atoms with Gasteiger partial charge in [-0.25, -0.2) is 0 Å². The maximum Gasteiger partial charge on any atom is 0.0420 e. The lowest BCUT2D eigenvalue weighted by Gasteiger charge is -2.15. The van der Waals surface area contributed by atoms with E-state index in [9.17, 15) is 0 Å². The molecule has 0 aliphatic heterocycles. The first kappa shape index (κ1) is 19.8. The molecule has 0 amide bonds. The quantitative estimate of drug-likeness (QED) is 0.349. The van der Waals surface area contributed by atoms with Crippen LogP contribution in [0.25, 0.3) is 5.70 Å². The average Bonchev–Trinajstić information content (AvgIpc) is 2.54. The Morgan fingerprint density at radius 3 is 2.54 bits per heavy atom. The zero-order chi connectivity index (χ0) is 18.1. The number of aliphatic imine (C=N–C) groups is 1. The number of anilines is 1. The van der Waals surface area contributed by atoms with Crippen molar-refractivity contribution in [2.24, 2.45) is 4.99 Å². The Hall–Kier alpha value is -2.29. The zero-order valence-corrected chi connectivity index (χ0v) is 15.8. The summed E-state index contributed by atoms with van der Waals surface area (Å²) < 4.78 is 0. The van der Waals surface area contributed by atoms with Crippen LogP contribution < -0.4 is 10.6 Å². The Balaban J connectivity index is 2.86. The maximum atomic E-state index is 4.33. The molecule has 0 heterocycles. The molecule has 0 aliphatic carbocycles. The molecule has 0 aliphatic rings. The standard InChI is InChI=1S/C21H31N3/c1-8-9-12-22-19(7)20-11-10-16(4)21(13-20)24-18(6)17(5)14-23-15(2)3/h10-11,13-14,22,24H,6-9,12H2,1-5H3/b17-14+. The van der Waals surface area contributed by atoms with Gasteiger partial charge in [0.05, 0.1) is 0 Å². The van der Waals surface area contributed by atoms with Gasteiger partial charge in [0, 0.05) is 35.5 Å². The topological polar surface area (TPSA) is 36.4 Å². The van der Waals surface area contributed by atoms with Crippen molar-refractivity contribution in [2.75, 3.05) is 11.9 Å². The molecule has 0 radical (unpaired) electrons. The summed E-state index contributed by atoms with van der Waals surface area (Å²) in [5, 5.41) is 6.78. The monoisotopic (exact) mass is 325 g/mol. The summed E-state index contributed by atoms with van der Waals surface area (Å²) in [6.07, 6.45) is 4.16. The number of nitrogens with zero attached hydrogens (tertiary/aromatic N) is 1. The van der Waals surface area contributed by atoms with Gasteiger partial charge in [-0.1, -0.05) is 38.6 Å². The minimum absolute atomic E-state index is 0.852. The SMILES string of the molecule is C=C(Nc1cc(C(=C)NCCCC)ccc1C)/C(C)=C/N=C(C)C. The lowest BCUT2D eigenvalue weighted by Crippen LogP contribution is -2.13. The molecule has 0 fully saturated rings. The third kappa shape index (κ3) is 6.45. The van der Waals surface area contributed by atoms with Crippen LogP contribution in [0.1, 0.15) is 51.7 Å². The Morgan fingerprint density at radius 1 is 1.21 bits per heavy atom. The van der Waals surface area contributed by atoms with E-state index in [-0.39, 0.29) is 0 Å². The molecule has 24 heavy (non-hydrogen) atoms. The minimum atomic E-state index is 0.852. The van der Waals surface area contributed by atoms with Crippen LogP contribution in [0.3, 0.4) is 0 Å². The molecular formula is C21H31N3. The summed E-state index contributed by atoms with van der Waals surface area (Å²) in [7, 11) is 0. The van der Waals surface area contributed by atoms with Gasteiger partial charge in [0.25, 0.3) is 0 Å². The zero-order valence-electron chi connectivity index (χ0n) is 15.8. The van der Waals surface area contributed by atoms with Crippen molar-refractivity contribution in [3.8, 4) is 0 Å². The normalized spacial score (nSPS) is 11.0. The van der Waals surface area contributed by atoms with E-state index in [1.807, 2.05) is 27.0 Å². The van der Waals surface area contributed by atoms with E-state index in [0.717, 1.165) is 46.9 Å². The van der Waals surface area contributed by atoms with Crippen LogP contribution >= 0.6 is 0 Å². The van der Waals surface area contributed by atoms with Crippen LogP contribution in [0.2, 0.25) is 0 Å². The van der Waals surface area contributed by atoms with E-state index in [4.69, 9.17) is 0 Å². The van der Waals surface area contributed by atoms with Gasteiger partial charge in [0.2, 0.25) is 0 Å². The predicted molar refractivity (Wildman–Crippen MR) is 108 cm³/mol. The fourth-order valence-corrected chi connectivity index (χ4v) is 2.03. The molecule has 3 nitrogen and oxygen atoms in total. The Kier molecular flexibility index (Phi) is 8.03. The van der Waals surface area contributed by atoms with Crippen molar-refractivity contribution in [1.29, 1.82) is 0 Å². The highest BCUT2D eigenvalue weighted by atomic mass is 14.9. The largest absolute Gasteiger partial charge is 0.385 e. The van der Waals surface area contributed by atoms with Crippen LogP contribution in [-0.2, 0) is 0 Å². The molecular weight excluding hydrogens is 294 g/mol. The van der Waals surface area contributed by atoms with Crippen LogP contribution in [0.4, 0.5) is 5.69 Å². The lowest BCUT2D eigenvalue weighted by atomic mass is 10.1. The van der Waals surface area contributed by atoms with Crippen LogP contribution in [-0.4, -0.2) is 12.3 Å². The summed E-state index contributed by atoms with van der Waals surface area (Å²) >= 11 is 0. The van der Waals surface area contributed by atoms with Crippen LogP contribution in [0, 0.1) is 6.92 Å². The molecule has 1 rings (SSSR count). The number of nitrogens with one attached hydrogen (secondary N) is 2. The highest BCUT2D eigenvalue weighted by Gasteiger charge is 2.05. The molecule has 1 aromatic rings. The maximum absolute atomic E-state index is 4.33. The first-order valence-electron chi connectivity index (χ1n) is 8.53. The molecule has 2 N–H and O–H groups in total. The summed E-state index contributed by atoms with van der Waals surface area (Å²) in [5.41, 5.74) is 7.15. The first-order valence-corrected chi connectivity index (χ1v) is 8.53. The number of allylic oxidation sites excluding steroid dienone is 1. The molecule has 0 saturated heterocycles. The molecule has 0 bridgehead atoms. The molecule has 1 aromatic carbocycles. The highest BCUT2D eigenvalue weighted by Crippen LogP contribution is 2.23. The van der Waals surface area contributed by atoms with E-state index in [0.29, 0.717) is 0 Å². The van der Waals surface area contributed by atoms with Gasteiger partial charge < -0.3 is 10.6 Å².